The number of hydrogen-bond donors (Lipinski definition) is 1. The summed E-state index contributed by atoms with van der Waals surface area (Å²) in [7, 11) is 2.14. The molecule has 1 aromatic carbocycles. The highest BCUT2D eigenvalue weighted by Crippen LogP contribution is 2.26. The number of fused-ring (bicyclic) bond motifs is 1. The molecule has 2 heterocycles. The number of aromatic amines is 1. The molecule has 1 unspecified atom stereocenters. The molecule has 0 saturated carbocycles. The Balaban J connectivity index is 2.14. The van der Waals surface area contributed by atoms with Crippen LogP contribution in [-0.4, -0.2) is 34.6 Å². The molecule has 1 aliphatic rings. The average molecular weight is 272 g/mol. The maximum Gasteiger partial charge on any atom is 0.178 e. The SMILES string of the molecule is CN1CCCC(n2c(=S)[nH]c3ccc(C#N)cc32)C1. The molecular formula is C14H16N4S. The summed E-state index contributed by atoms with van der Waals surface area (Å²) in [5.74, 6) is 0. The highest BCUT2D eigenvalue weighted by Gasteiger charge is 2.21. The van der Waals surface area contributed by atoms with Gasteiger partial charge in [0, 0.05) is 12.6 Å². The molecule has 1 aromatic heterocycles. The van der Waals surface area contributed by atoms with Crippen LogP contribution in [0, 0.1) is 16.1 Å². The second kappa shape index (κ2) is 4.80. The molecular weight excluding hydrogens is 256 g/mol. The zero-order valence-electron chi connectivity index (χ0n) is 10.9. The van der Waals surface area contributed by atoms with Gasteiger partial charge in [-0.1, -0.05) is 0 Å². The molecule has 1 N–H and O–H groups in total. The van der Waals surface area contributed by atoms with E-state index in [4.69, 9.17) is 17.5 Å². The smallest absolute Gasteiger partial charge is 0.178 e. The van der Waals surface area contributed by atoms with E-state index in [0.717, 1.165) is 35.3 Å². The number of H-pyrrole nitrogens is 1. The van der Waals surface area contributed by atoms with Crippen LogP contribution in [0.4, 0.5) is 0 Å². The zero-order valence-corrected chi connectivity index (χ0v) is 11.7. The van der Waals surface area contributed by atoms with E-state index in [2.05, 4.69) is 27.6 Å². The van der Waals surface area contributed by atoms with Crippen LogP contribution in [0.2, 0.25) is 0 Å². The van der Waals surface area contributed by atoms with Crippen molar-refractivity contribution in [2.75, 3.05) is 20.1 Å². The summed E-state index contributed by atoms with van der Waals surface area (Å²) in [4.78, 5) is 5.58. The summed E-state index contributed by atoms with van der Waals surface area (Å²) in [6.07, 6.45) is 2.33. The summed E-state index contributed by atoms with van der Waals surface area (Å²) < 4.78 is 2.94. The largest absolute Gasteiger partial charge is 0.331 e. The van der Waals surface area contributed by atoms with Gasteiger partial charge >= 0.3 is 0 Å². The van der Waals surface area contributed by atoms with Crippen molar-refractivity contribution >= 4 is 23.3 Å². The molecule has 0 aliphatic carbocycles. The Bertz CT molecular complexity index is 706. The lowest BCUT2D eigenvalue weighted by Crippen LogP contribution is -2.33. The fourth-order valence-corrected chi connectivity index (χ4v) is 3.26. The molecule has 0 spiro atoms. The molecule has 5 heteroatoms. The normalized spacial score (nSPS) is 20.5. The van der Waals surface area contributed by atoms with Crippen molar-refractivity contribution in [2.45, 2.75) is 18.9 Å². The second-order valence-electron chi connectivity index (χ2n) is 5.20. The van der Waals surface area contributed by atoms with Crippen LogP contribution in [0.25, 0.3) is 11.0 Å². The zero-order chi connectivity index (χ0) is 13.4. The van der Waals surface area contributed by atoms with Gasteiger partial charge in [-0.3, -0.25) is 0 Å². The molecule has 0 bridgehead atoms. The number of piperidine rings is 1. The first-order valence-electron chi connectivity index (χ1n) is 6.52. The van der Waals surface area contributed by atoms with Crippen molar-refractivity contribution in [1.82, 2.24) is 14.5 Å². The van der Waals surface area contributed by atoms with Crippen molar-refractivity contribution < 1.29 is 0 Å². The van der Waals surface area contributed by atoms with Gasteiger partial charge in [-0.05, 0) is 56.9 Å². The molecule has 1 saturated heterocycles. The third-order valence-corrected chi connectivity index (χ3v) is 4.11. The van der Waals surface area contributed by atoms with Crippen LogP contribution in [0.3, 0.4) is 0 Å². The van der Waals surface area contributed by atoms with Crippen LogP contribution >= 0.6 is 12.2 Å². The maximum absolute atomic E-state index is 9.04. The average Bonchev–Trinajstić information content (AvgIpc) is 2.73. The first-order chi connectivity index (χ1) is 9.19. The number of aromatic nitrogens is 2. The van der Waals surface area contributed by atoms with Crippen LogP contribution in [0.5, 0.6) is 0 Å². The Morgan fingerprint density at radius 3 is 3.05 bits per heavy atom. The van der Waals surface area contributed by atoms with Crippen molar-refractivity contribution in [3.05, 3.63) is 28.5 Å². The third kappa shape index (κ3) is 2.18. The quantitative estimate of drug-likeness (QED) is 0.812. The van der Waals surface area contributed by atoms with Gasteiger partial charge in [0.1, 0.15) is 0 Å². The predicted octanol–water partition coefficient (Wildman–Crippen LogP) is 2.84. The van der Waals surface area contributed by atoms with Gasteiger partial charge < -0.3 is 14.5 Å². The van der Waals surface area contributed by atoms with Crippen molar-refractivity contribution in [2.24, 2.45) is 0 Å². The minimum Gasteiger partial charge on any atom is -0.331 e. The van der Waals surface area contributed by atoms with E-state index in [1.165, 1.54) is 6.42 Å². The number of likely N-dealkylation sites (N-methyl/N-ethyl adjacent to an activating group) is 1. The highest BCUT2D eigenvalue weighted by atomic mass is 32.1. The molecule has 1 aliphatic heterocycles. The summed E-state index contributed by atoms with van der Waals surface area (Å²) >= 11 is 5.46. The Morgan fingerprint density at radius 2 is 2.32 bits per heavy atom. The van der Waals surface area contributed by atoms with E-state index in [0.29, 0.717) is 11.6 Å². The van der Waals surface area contributed by atoms with E-state index < -0.39 is 0 Å². The highest BCUT2D eigenvalue weighted by molar-refractivity contribution is 7.71. The number of imidazole rings is 1. The molecule has 3 rings (SSSR count). The first-order valence-corrected chi connectivity index (χ1v) is 6.93. The van der Waals surface area contributed by atoms with Gasteiger partial charge in [-0.15, -0.1) is 0 Å². The lowest BCUT2D eigenvalue weighted by molar-refractivity contribution is 0.214. The fourth-order valence-electron chi connectivity index (χ4n) is 2.90. The van der Waals surface area contributed by atoms with Gasteiger partial charge in [-0.25, -0.2) is 0 Å². The van der Waals surface area contributed by atoms with Gasteiger partial charge in [0.05, 0.1) is 22.7 Å². The number of nitrogens with zero attached hydrogens (tertiary/aromatic N) is 3. The fraction of sp³-hybridized carbons (Fsp3) is 0.429. The minimum atomic E-state index is 0.397. The van der Waals surface area contributed by atoms with Crippen LogP contribution < -0.4 is 0 Å². The molecule has 1 atom stereocenters. The number of benzene rings is 1. The number of hydrogen-bond acceptors (Lipinski definition) is 3. The number of rotatable bonds is 1. The number of nitriles is 1. The van der Waals surface area contributed by atoms with E-state index in [9.17, 15) is 0 Å². The molecule has 0 amide bonds. The lowest BCUT2D eigenvalue weighted by atomic mass is 10.1. The van der Waals surface area contributed by atoms with E-state index in [1.54, 1.807) is 0 Å². The Morgan fingerprint density at radius 1 is 1.47 bits per heavy atom. The van der Waals surface area contributed by atoms with Gasteiger partial charge in [0.15, 0.2) is 4.77 Å². The van der Waals surface area contributed by atoms with Crippen LogP contribution in [0.1, 0.15) is 24.4 Å². The lowest BCUT2D eigenvalue weighted by Gasteiger charge is -2.30. The summed E-state index contributed by atoms with van der Waals surface area (Å²) in [6.45, 7) is 2.16. The summed E-state index contributed by atoms with van der Waals surface area (Å²) in [5, 5.41) is 9.04. The molecule has 0 radical (unpaired) electrons. The second-order valence-corrected chi connectivity index (χ2v) is 5.59. The van der Waals surface area contributed by atoms with Gasteiger partial charge in [0.2, 0.25) is 0 Å². The topological polar surface area (TPSA) is 47.8 Å². The number of likely N-dealkylation sites (tertiary alicyclic amines) is 1. The third-order valence-electron chi connectivity index (χ3n) is 3.81. The van der Waals surface area contributed by atoms with Crippen molar-refractivity contribution in [1.29, 1.82) is 5.26 Å². The standard InChI is InChI=1S/C14H16N4S/c1-17-6-2-3-11(9-17)18-13-7-10(8-15)4-5-12(13)16-14(18)19/h4-5,7,11H,2-3,6,9H2,1H3,(H,16,19). The molecule has 4 nitrogen and oxygen atoms in total. The molecule has 1 fully saturated rings. The van der Waals surface area contributed by atoms with Crippen molar-refractivity contribution in [3.8, 4) is 6.07 Å². The predicted molar refractivity (Wildman–Crippen MR) is 77.6 cm³/mol. The Kier molecular flexibility index (Phi) is 3.13. The first kappa shape index (κ1) is 12.4. The molecule has 2 aromatic rings. The molecule has 98 valence electrons. The van der Waals surface area contributed by atoms with E-state index >= 15 is 0 Å². The minimum absolute atomic E-state index is 0.397. The monoisotopic (exact) mass is 272 g/mol. The summed E-state index contributed by atoms with van der Waals surface area (Å²) in [5.41, 5.74) is 2.74. The summed E-state index contributed by atoms with van der Waals surface area (Å²) in [6, 6.07) is 8.28. The van der Waals surface area contributed by atoms with E-state index in [-0.39, 0.29) is 0 Å². The van der Waals surface area contributed by atoms with Crippen LogP contribution in [0.15, 0.2) is 18.2 Å². The van der Waals surface area contributed by atoms with Crippen molar-refractivity contribution in [3.63, 3.8) is 0 Å². The Hall–Kier alpha value is -1.64. The maximum atomic E-state index is 9.04. The molecule has 19 heavy (non-hydrogen) atoms. The van der Waals surface area contributed by atoms with E-state index in [1.807, 2.05) is 18.2 Å². The number of nitrogens with one attached hydrogen (secondary N) is 1. The van der Waals surface area contributed by atoms with Gasteiger partial charge in [-0.2, -0.15) is 5.26 Å². The Labute approximate surface area is 117 Å². The van der Waals surface area contributed by atoms with Crippen LogP contribution in [-0.2, 0) is 0 Å². The van der Waals surface area contributed by atoms with Gasteiger partial charge in [0.25, 0.3) is 0 Å².